The van der Waals surface area contributed by atoms with Crippen molar-refractivity contribution in [2.45, 2.75) is 13.8 Å². The Morgan fingerprint density at radius 3 is 2.62 bits per heavy atom. The number of halogens is 1. The Bertz CT molecular complexity index is 907. The molecule has 0 atom stereocenters. The van der Waals surface area contributed by atoms with Crippen molar-refractivity contribution in [3.05, 3.63) is 43.4 Å². The summed E-state index contributed by atoms with van der Waals surface area (Å²) in [6.07, 6.45) is 0. The molecular weight excluding hydrogens is 421 g/mol. The summed E-state index contributed by atoms with van der Waals surface area (Å²) in [5.74, 6) is 0.944. The highest BCUT2D eigenvalue weighted by molar-refractivity contribution is 14.1. The van der Waals surface area contributed by atoms with E-state index in [9.17, 15) is 10.1 Å². The fourth-order valence-corrected chi connectivity index (χ4v) is 3.02. The normalized spacial score (nSPS) is 9.88. The van der Waals surface area contributed by atoms with Gasteiger partial charge in [-0.05, 0) is 60.2 Å². The van der Waals surface area contributed by atoms with Crippen molar-refractivity contribution in [1.82, 2.24) is 4.98 Å². The lowest BCUT2D eigenvalue weighted by Crippen LogP contribution is -2.13. The first-order chi connectivity index (χ1) is 11.5. The molecule has 1 aromatic heterocycles. The number of aromatic nitrogens is 1. The molecule has 0 spiro atoms. The summed E-state index contributed by atoms with van der Waals surface area (Å²) < 4.78 is 11.8. The van der Waals surface area contributed by atoms with Gasteiger partial charge in [-0.25, -0.2) is 0 Å². The lowest BCUT2D eigenvalue weighted by Gasteiger charge is -2.15. The van der Waals surface area contributed by atoms with Crippen molar-refractivity contribution in [1.29, 1.82) is 10.5 Å². The number of aromatic amines is 1. The molecule has 7 heteroatoms. The molecule has 0 fully saturated rings. The number of nitrogens with one attached hydrogen (secondary N) is 1. The summed E-state index contributed by atoms with van der Waals surface area (Å²) >= 11 is 2.08. The number of aryl methyl sites for hydroxylation is 1. The molecule has 1 N–H and O–H groups in total. The van der Waals surface area contributed by atoms with Crippen LogP contribution < -0.4 is 15.0 Å². The lowest BCUT2D eigenvalue weighted by atomic mass is 10.0. The molecule has 0 radical (unpaired) electrons. The van der Waals surface area contributed by atoms with Gasteiger partial charge in [0.15, 0.2) is 18.1 Å². The van der Waals surface area contributed by atoms with E-state index in [-0.39, 0.29) is 12.2 Å². The topological polar surface area (TPSA) is 98.9 Å². The highest BCUT2D eigenvalue weighted by Crippen LogP contribution is 2.38. The van der Waals surface area contributed by atoms with E-state index in [1.54, 1.807) is 25.1 Å². The number of benzene rings is 1. The zero-order valence-electron chi connectivity index (χ0n) is 13.1. The van der Waals surface area contributed by atoms with Crippen LogP contribution >= 0.6 is 22.6 Å². The van der Waals surface area contributed by atoms with Crippen LogP contribution in [0.4, 0.5) is 0 Å². The highest BCUT2D eigenvalue weighted by atomic mass is 127. The summed E-state index contributed by atoms with van der Waals surface area (Å²) in [6, 6.07) is 9.13. The third kappa shape index (κ3) is 3.69. The number of ether oxygens (including phenoxy) is 2. The molecule has 0 aliphatic carbocycles. The van der Waals surface area contributed by atoms with Crippen LogP contribution in [0, 0.1) is 33.2 Å². The van der Waals surface area contributed by atoms with Crippen LogP contribution in [0.3, 0.4) is 0 Å². The Labute approximate surface area is 152 Å². The van der Waals surface area contributed by atoms with Gasteiger partial charge >= 0.3 is 0 Å². The molecule has 24 heavy (non-hydrogen) atoms. The van der Waals surface area contributed by atoms with E-state index in [1.165, 1.54) is 0 Å². The molecule has 0 saturated carbocycles. The molecule has 0 saturated heterocycles. The van der Waals surface area contributed by atoms with E-state index in [2.05, 4.69) is 27.6 Å². The Balaban J connectivity index is 2.67. The van der Waals surface area contributed by atoms with Crippen LogP contribution in [0.2, 0.25) is 0 Å². The Hall–Kier alpha value is -2.52. The fraction of sp³-hybridized carbons (Fsp3) is 0.235. The summed E-state index contributed by atoms with van der Waals surface area (Å²) in [5.41, 5.74) is 1.49. The van der Waals surface area contributed by atoms with E-state index >= 15 is 0 Å². The number of hydrogen-bond donors (Lipinski definition) is 1. The lowest BCUT2D eigenvalue weighted by molar-refractivity contribution is 0.297. The minimum absolute atomic E-state index is 0.0459. The van der Waals surface area contributed by atoms with E-state index in [0.29, 0.717) is 34.9 Å². The minimum atomic E-state index is -0.426. The maximum Gasteiger partial charge on any atom is 0.266 e. The number of pyridine rings is 1. The summed E-state index contributed by atoms with van der Waals surface area (Å²) in [5, 5.41) is 18.0. The van der Waals surface area contributed by atoms with Crippen molar-refractivity contribution in [3.63, 3.8) is 0 Å². The first kappa shape index (κ1) is 17.8. The molecule has 122 valence electrons. The smallest absolute Gasteiger partial charge is 0.266 e. The van der Waals surface area contributed by atoms with E-state index < -0.39 is 5.56 Å². The molecule has 1 aromatic carbocycles. The second-order valence-electron chi connectivity index (χ2n) is 4.85. The van der Waals surface area contributed by atoms with Crippen LogP contribution in [-0.4, -0.2) is 18.2 Å². The van der Waals surface area contributed by atoms with Crippen LogP contribution in [0.15, 0.2) is 23.0 Å². The van der Waals surface area contributed by atoms with Crippen molar-refractivity contribution in [3.8, 4) is 34.8 Å². The van der Waals surface area contributed by atoms with Gasteiger partial charge in [0.2, 0.25) is 0 Å². The van der Waals surface area contributed by atoms with Gasteiger partial charge in [0, 0.05) is 11.3 Å². The maximum absolute atomic E-state index is 12.0. The van der Waals surface area contributed by atoms with E-state index in [4.69, 9.17) is 14.7 Å². The summed E-state index contributed by atoms with van der Waals surface area (Å²) in [4.78, 5) is 14.6. The molecule has 0 aliphatic rings. The molecular formula is C17H14IN3O3. The first-order valence-electron chi connectivity index (χ1n) is 7.12. The predicted octanol–water partition coefficient (Wildman–Crippen LogP) is 3.13. The predicted molar refractivity (Wildman–Crippen MR) is 96.9 cm³/mol. The maximum atomic E-state index is 12.0. The zero-order valence-corrected chi connectivity index (χ0v) is 15.3. The second-order valence-corrected chi connectivity index (χ2v) is 6.01. The molecule has 0 unspecified atom stereocenters. The minimum Gasteiger partial charge on any atom is -0.490 e. The number of nitrogens with zero attached hydrogens (tertiary/aromatic N) is 2. The van der Waals surface area contributed by atoms with Crippen molar-refractivity contribution < 1.29 is 9.47 Å². The Morgan fingerprint density at radius 2 is 2.00 bits per heavy atom. The van der Waals surface area contributed by atoms with Crippen molar-refractivity contribution in [2.24, 2.45) is 0 Å². The first-order valence-corrected chi connectivity index (χ1v) is 8.20. The largest absolute Gasteiger partial charge is 0.490 e. The van der Waals surface area contributed by atoms with Gasteiger partial charge in [-0.2, -0.15) is 10.5 Å². The molecule has 2 aromatic rings. The Kier molecular flexibility index (Phi) is 5.83. The zero-order chi connectivity index (χ0) is 17.7. The molecule has 1 heterocycles. The quantitative estimate of drug-likeness (QED) is 0.728. The second kappa shape index (κ2) is 7.84. The molecule has 0 amide bonds. The van der Waals surface area contributed by atoms with Gasteiger partial charge in [-0.1, -0.05) is 0 Å². The third-order valence-electron chi connectivity index (χ3n) is 3.18. The molecule has 6 nitrogen and oxygen atoms in total. The van der Waals surface area contributed by atoms with Crippen LogP contribution in [0.25, 0.3) is 11.1 Å². The number of rotatable bonds is 5. The van der Waals surface area contributed by atoms with Crippen LogP contribution in [0.1, 0.15) is 18.2 Å². The van der Waals surface area contributed by atoms with E-state index in [0.717, 1.165) is 3.57 Å². The van der Waals surface area contributed by atoms with Crippen molar-refractivity contribution in [2.75, 3.05) is 13.2 Å². The molecule has 0 bridgehead atoms. The summed E-state index contributed by atoms with van der Waals surface area (Å²) in [6.45, 7) is 3.92. The van der Waals surface area contributed by atoms with Crippen molar-refractivity contribution >= 4 is 22.6 Å². The van der Waals surface area contributed by atoms with E-state index in [1.807, 2.05) is 19.1 Å². The van der Waals surface area contributed by atoms with Gasteiger partial charge < -0.3 is 14.5 Å². The third-order valence-corrected chi connectivity index (χ3v) is 3.98. The average molecular weight is 435 g/mol. The van der Waals surface area contributed by atoms with Crippen LogP contribution in [-0.2, 0) is 0 Å². The highest BCUT2D eigenvalue weighted by Gasteiger charge is 2.16. The number of nitriles is 2. The number of H-pyrrole nitrogens is 1. The van der Waals surface area contributed by atoms with Gasteiger partial charge in [-0.3, -0.25) is 4.79 Å². The van der Waals surface area contributed by atoms with Gasteiger partial charge in [0.1, 0.15) is 17.7 Å². The molecule has 2 rings (SSSR count). The van der Waals surface area contributed by atoms with Gasteiger partial charge in [-0.15, -0.1) is 0 Å². The SMILES string of the molecule is CCOc1cc(-c2cc(C)[nH]c(=O)c2C#N)cc(I)c1OCC#N. The summed E-state index contributed by atoms with van der Waals surface area (Å²) in [7, 11) is 0. The average Bonchev–Trinajstić information content (AvgIpc) is 2.53. The number of hydrogen-bond acceptors (Lipinski definition) is 5. The molecule has 0 aliphatic heterocycles. The standard InChI is InChI=1S/C17H14IN3O3/c1-3-23-15-8-11(7-14(18)16(15)24-5-4-19)12-6-10(2)21-17(22)13(12)9-20/h6-8H,3,5H2,1-2H3,(H,21,22). The van der Waals surface area contributed by atoms with Crippen LogP contribution in [0.5, 0.6) is 11.5 Å². The Morgan fingerprint density at radius 1 is 1.25 bits per heavy atom. The monoisotopic (exact) mass is 435 g/mol. The van der Waals surface area contributed by atoms with Gasteiger partial charge in [0.25, 0.3) is 5.56 Å². The fourth-order valence-electron chi connectivity index (χ4n) is 2.26. The van der Waals surface area contributed by atoms with Gasteiger partial charge in [0.05, 0.1) is 10.2 Å².